The van der Waals surface area contributed by atoms with Gasteiger partial charge >= 0.3 is 0 Å². The molecule has 1 aromatic heterocycles. The molecule has 122 valence electrons. The van der Waals surface area contributed by atoms with Crippen molar-refractivity contribution in [2.45, 2.75) is 13.3 Å². The van der Waals surface area contributed by atoms with Gasteiger partial charge in [-0.15, -0.1) is 0 Å². The van der Waals surface area contributed by atoms with E-state index in [4.69, 9.17) is 0 Å². The topological polar surface area (TPSA) is 57.3 Å². The Morgan fingerprint density at radius 1 is 1.17 bits per heavy atom. The van der Waals surface area contributed by atoms with Crippen molar-refractivity contribution in [1.82, 2.24) is 9.88 Å². The molecule has 2 rings (SSSR count). The largest absolute Gasteiger partial charge is 0.369 e. The van der Waals surface area contributed by atoms with Crippen molar-refractivity contribution in [3.05, 3.63) is 53.7 Å². The van der Waals surface area contributed by atoms with Crippen LogP contribution in [0.4, 0.5) is 11.5 Å². The quantitative estimate of drug-likeness (QED) is 0.825. The zero-order valence-electron chi connectivity index (χ0n) is 14.0. The minimum absolute atomic E-state index is 0.132. The minimum atomic E-state index is -0.132. The first kappa shape index (κ1) is 17.0. The van der Waals surface area contributed by atoms with Gasteiger partial charge in [0.1, 0.15) is 5.82 Å². The number of hydrogen-bond acceptors (Lipinski definition) is 4. The molecule has 0 atom stereocenters. The molecular weight excluding hydrogens is 288 g/mol. The first-order valence-electron chi connectivity index (χ1n) is 7.83. The predicted octanol–water partition coefficient (Wildman–Crippen LogP) is 2.87. The van der Waals surface area contributed by atoms with Gasteiger partial charge in [-0.05, 0) is 50.3 Å². The smallest absolute Gasteiger partial charge is 0.255 e. The highest BCUT2D eigenvalue weighted by molar-refractivity contribution is 6.04. The summed E-state index contributed by atoms with van der Waals surface area (Å²) in [5.41, 5.74) is 2.64. The molecule has 0 fully saturated rings. The molecule has 23 heavy (non-hydrogen) atoms. The van der Waals surface area contributed by atoms with E-state index in [2.05, 4.69) is 27.4 Å². The van der Waals surface area contributed by atoms with Crippen molar-refractivity contribution in [3.8, 4) is 0 Å². The van der Waals surface area contributed by atoms with Gasteiger partial charge in [0.05, 0.1) is 0 Å². The molecule has 1 heterocycles. The van der Waals surface area contributed by atoms with E-state index in [1.165, 1.54) is 5.56 Å². The first-order chi connectivity index (χ1) is 11.1. The fraction of sp³-hybridized carbons (Fsp3) is 0.333. The van der Waals surface area contributed by atoms with Crippen molar-refractivity contribution < 1.29 is 4.79 Å². The Kier molecular flexibility index (Phi) is 6.11. The van der Waals surface area contributed by atoms with E-state index < -0.39 is 0 Å². The van der Waals surface area contributed by atoms with Gasteiger partial charge in [-0.3, -0.25) is 4.79 Å². The average molecular weight is 312 g/mol. The summed E-state index contributed by atoms with van der Waals surface area (Å²) >= 11 is 0. The summed E-state index contributed by atoms with van der Waals surface area (Å²) in [6, 6.07) is 11.4. The van der Waals surface area contributed by atoms with Crippen LogP contribution in [0.15, 0.2) is 42.6 Å². The van der Waals surface area contributed by atoms with Crippen molar-refractivity contribution >= 4 is 17.4 Å². The summed E-state index contributed by atoms with van der Waals surface area (Å²) in [4.78, 5) is 18.7. The maximum Gasteiger partial charge on any atom is 0.255 e. The minimum Gasteiger partial charge on any atom is -0.369 e. The number of nitrogens with zero attached hydrogens (tertiary/aromatic N) is 2. The van der Waals surface area contributed by atoms with Crippen molar-refractivity contribution in [2.24, 2.45) is 0 Å². The van der Waals surface area contributed by atoms with Gasteiger partial charge in [-0.2, -0.15) is 0 Å². The summed E-state index contributed by atoms with van der Waals surface area (Å²) in [6.45, 7) is 3.79. The van der Waals surface area contributed by atoms with Gasteiger partial charge in [0.15, 0.2) is 0 Å². The molecule has 0 radical (unpaired) electrons. The first-order valence-corrected chi connectivity index (χ1v) is 7.83. The third-order valence-corrected chi connectivity index (χ3v) is 3.51. The summed E-state index contributed by atoms with van der Waals surface area (Å²) in [6.07, 6.45) is 2.63. The van der Waals surface area contributed by atoms with Crippen LogP contribution in [0.3, 0.4) is 0 Å². The van der Waals surface area contributed by atoms with E-state index in [-0.39, 0.29) is 5.91 Å². The lowest BCUT2D eigenvalue weighted by Gasteiger charge is -2.11. The van der Waals surface area contributed by atoms with Gasteiger partial charge in [0.2, 0.25) is 0 Å². The molecule has 2 aromatic rings. The van der Waals surface area contributed by atoms with Crippen LogP contribution in [0.5, 0.6) is 0 Å². The molecule has 2 N–H and O–H groups in total. The Morgan fingerprint density at radius 2 is 1.91 bits per heavy atom. The molecule has 0 saturated heterocycles. The van der Waals surface area contributed by atoms with E-state index >= 15 is 0 Å². The zero-order chi connectivity index (χ0) is 16.7. The van der Waals surface area contributed by atoms with Gasteiger partial charge in [-0.1, -0.05) is 19.1 Å². The summed E-state index contributed by atoms with van der Waals surface area (Å²) in [7, 11) is 4.03. The normalized spacial score (nSPS) is 10.6. The molecule has 5 heteroatoms. The number of anilines is 2. The van der Waals surface area contributed by atoms with Crippen molar-refractivity contribution in [2.75, 3.05) is 37.8 Å². The van der Waals surface area contributed by atoms with Crippen LogP contribution in [0.25, 0.3) is 0 Å². The lowest BCUT2D eigenvalue weighted by atomic mass is 10.1. The highest BCUT2D eigenvalue weighted by atomic mass is 16.1. The second kappa shape index (κ2) is 8.29. The van der Waals surface area contributed by atoms with Gasteiger partial charge in [-0.25, -0.2) is 4.98 Å². The Balaban J connectivity index is 1.98. The molecule has 0 aliphatic carbocycles. The summed E-state index contributed by atoms with van der Waals surface area (Å²) in [5, 5.41) is 6.13. The highest BCUT2D eigenvalue weighted by Gasteiger charge is 2.07. The number of rotatable bonds is 7. The number of aryl methyl sites for hydroxylation is 1. The number of amides is 1. The number of pyridine rings is 1. The zero-order valence-corrected chi connectivity index (χ0v) is 14.0. The second-order valence-electron chi connectivity index (χ2n) is 5.66. The van der Waals surface area contributed by atoms with Gasteiger partial charge in [0, 0.05) is 30.5 Å². The van der Waals surface area contributed by atoms with Gasteiger partial charge < -0.3 is 15.5 Å². The number of likely N-dealkylation sites (N-methyl/N-ethyl adjacent to an activating group) is 1. The number of nitrogens with one attached hydrogen (secondary N) is 2. The number of carbonyl (C=O) groups excluding carboxylic acids is 1. The van der Waals surface area contributed by atoms with E-state index in [1.54, 1.807) is 18.3 Å². The van der Waals surface area contributed by atoms with E-state index in [0.717, 1.165) is 25.2 Å². The summed E-state index contributed by atoms with van der Waals surface area (Å²) in [5.74, 6) is 0.577. The fourth-order valence-electron chi connectivity index (χ4n) is 2.10. The number of aromatic nitrogens is 1. The lowest BCUT2D eigenvalue weighted by Crippen LogP contribution is -2.21. The van der Waals surface area contributed by atoms with E-state index in [9.17, 15) is 4.79 Å². The molecule has 0 spiro atoms. The van der Waals surface area contributed by atoms with Crippen molar-refractivity contribution in [3.63, 3.8) is 0 Å². The Hall–Kier alpha value is -2.40. The molecular formula is C18H24N4O. The van der Waals surface area contributed by atoms with E-state index in [1.807, 2.05) is 38.4 Å². The van der Waals surface area contributed by atoms with Crippen LogP contribution in [-0.4, -0.2) is 43.0 Å². The van der Waals surface area contributed by atoms with Crippen LogP contribution in [0.2, 0.25) is 0 Å². The maximum absolute atomic E-state index is 12.3. The second-order valence-corrected chi connectivity index (χ2v) is 5.66. The molecule has 1 aromatic carbocycles. The standard InChI is InChI=1S/C18H24N4O/c1-4-14-5-7-16(8-6-14)21-18(23)15-9-10-19-17(13-15)20-11-12-22(2)3/h5-10,13H,4,11-12H2,1-3H3,(H,19,20)(H,21,23). The monoisotopic (exact) mass is 312 g/mol. The molecule has 1 amide bonds. The molecule has 0 saturated carbocycles. The van der Waals surface area contributed by atoms with Gasteiger partial charge in [0.25, 0.3) is 5.91 Å². The predicted molar refractivity (Wildman–Crippen MR) is 95.1 cm³/mol. The molecule has 0 aliphatic heterocycles. The summed E-state index contributed by atoms with van der Waals surface area (Å²) < 4.78 is 0. The van der Waals surface area contributed by atoms with E-state index in [0.29, 0.717) is 11.4 Å². The third-order valence-electron chi connectivity index (χ3n) is 3.51. The highest BCUT2D eigenvalue weighted by Crippen LogP contribution is 2.13. The Morgan fingerprint density at radius 3 is 2.57 bits per heavy atom. The number of benzene rings is 1. The SMILES string of the molecule is CCc1ccc(NC(=O)c2ccnc(NCCN(C)C)c2)cc1. The fourth-order valence-corrected chi connectivity index (χ4v) is 2.10. The molecule has 0 unspecified atom stereocenters. The number of carbonyl (C=O) groups is 1. The molecule has 5 nitrogen and oxygen atoms in total. The maximum atomic E-state index is 12.3. The van der Waals surface area contributed by atoms with Crippen LogP contribution in [0.1, 0.15) is 22.8 Å². The molecule has 0 aliphatic rings. The van der Waals surface area contributed by atoms with Crippen LogP contribution in [0, 0.1) is 0 Å². The lowest BCUT2D eigenvalue weighted by molar-refractivity contribution is 0.102. The van der Waals surface area contributed by atoms with Crippen LogP contribution < -0.4 is 10.6 Å². The molecule has 0 bridgehead atoms. The van der Waals surface area contributed by atoms with Crippen LogP contribution in [-0.2, 0) is 6.42 Å². The Labute approximate surface area is 137 Å². The average Bonchev–Trinajstić information content (AvgIpc) is 2.55. The third kappa shape index (κ3) is 5.38. The Bertz CT molecular complexity index is 638. The van der Waals surface area contributed by atoms with Crippen LogP contribution >= 0.6 is 0 Å². The van der Waals surface area contributed by atoms with Crippen molar-refractivity contribution in [1.29, 1.82) is 0 Å². The number of hydrogen-bond donors (Lipinski definition) is 2.